The number of likely N-dealkylation sites (tertiary alicyclic amines) is 2. The van der Waals surface area contributed by atoms with Crippen LogP contribution in [0.5, 0.6) is 46.0 Å². The monoisotopic (exact) mass is 1030 g/mol. The van der Waals surface area contributed by atoms with E-state index in [2.05, 4.69) is 56.6 Å². The van der Waals surface area contributed by atoms with Crippen molar-refractivity contribution >= 4 is 22.3 Å². The van der Waals surface area contributed by atoms with Gasteiger partial charge in [-0.05, 0) is 165 Å². The van der Waals surface area contributed by atoms with Gasteiger partial charge in [-0.15, -0.1) is 0 Å². The predicted molar refractivity (Wildman–Crippen MR) is 283 cm³/mol. The van der Waals surface area contributed by atoms with Crippen LogP contribution in [0.3, 0.4) is 0 Å². The van der Waals surface area contributed by atoms with Crippen molar-refractivity contribution in [3.63, 3.8) is 0 Å². The number of hydrogen-bond acceptors (Lipinski definition) is 10. The maximum absolute atomic E-state index is 15.0. The van der Waals surface area contributed by atoms with Crippen LogP contribution >= 0.6 is 0 Å². The van der Waals surface area contributed by atoms with Gasteiger partial charge in [0.25, 0.3) is 0 Å². The van der Waals surface area contributed by atoms with Crippen molar-refractivity contribution in [1.82, 2.24) is 9.80 Å². The molecule has 6 aromatic carbocycles. The van der Waals surface area contributed by atoms with E-state index in [1.54, 1.807) is 48.5 Å². The zero-order valence-corrected chi connectivity index (χ0v) is 42.8. The molecule has 10 nitrogen and oxygen atoms in total. The Labute approximate surface area is 435 Å². The van der Waals surface area contributed by atoms with Gasteiger partial charge in [0.2, 0.25) is 0 Å². The molecule has 4 N–H and O–H groups in total. The molecule has 14 heteroatoms. The van der Waals surface area contributed by atoms with Crippen LogP contribution in [-0.4, -0.2) is 87.9 Å². The molecule has 4 aliphatic heterocycles. The number of halogens is 4. The van der Waals surface area contributed by atoms with Gasteiger partial charge in [-0.3, -0.25) is 9.80 Å². The summed E-state index contributed by atoms with van der Waals surface area (Å²) in [4.78, 5) is 4.87. The molecular weight excluding hydrogens is 965 g/mol. The van der Waals surface area contributed by atoms with Crippen molar-refractivity contribution in [3.8, 4) is 46.0 Å². The van der Waals surface area contributed by atoms with Crippen molar-refractivity contribution in [1.29, 1.82) is 0 Å². The van der Waals surface area contributed by atoms with E-state index in [9.17, 15) is 38.0 Å². The van der Waals surface area contributed by atoms with E-state index in [4.69, 9.17) is 18.9 Å². The Balaban J connectivity index is 0.000000184. The lowest BCUT2D eigenvalue weighted by Gasteiger charge is -2.33. The molecule has 0 saturated carbocycles. The van der Waals surface area contributed by atoms with Crippen molar-refractivity contribution < 1.29 is 56.9 Å². The van der Waals surface area contributed by atoms with Gasteiger partial charge in [-0.25, -0.2) is 4.39 Å². The zero-order chi connectivity index (χ0) is 53.1. The first kappa shape index (κ1) is 52.7. The van der Waals surface area contributed by atoms with Crippen LogP contribution in [0.2, 0.25) is 0 Å². The zero-order valence-electron chi connectivity index (χ0n) is 42.8. The van der Waals surface area contributed by atoms with E-state index in [1.807, 2.05) is 30.3 Å². The van der Waals surface area contributed by atoms with Crippen LogP contribution in [0.15, 0.2) is 127 Å². The summed E-state index contributed by atoms with van der Waals surface area (Å²) in [6.07, 6.45) is -3.45. The highest BCUT2D eigenvalue weighted by molar-refractivity contribution is 5.99. The van der Waals surface area contributed by atoms with E-state index in [0.29, 0.717) is 36.5 Å². The van der Waals surface area contributed by atoms with Crippen LogP contribution in [-0.2, 0) is 0 Å². The molecule has 0 spiro atoms. The molecule has 4 heterocycles. The van der Waals surface area contributed by atoms with Crippen molar-refractivity contribution in [2.75, 3.05) is 39.4 Å². The van der Waals surface area contributed by atoms with Gasteiger partial charge >= 0.3 is 6.18 Å². The van der Waals surface area contributed by atoms with E-state index in [1.165, 1.54) is 30.7 Å². The summed E-state index contributed by atoms with van der Waals surface area (Å²) in [5.74, 6) is 1.02. The second kappa shape index (κ2) is 22.4. The molecule has 6 unspecified atom stereocenters. The fraction of sp³-hybridized carbons (Fsp3) is 0.344. The first-order valence-electron chi connectivity index (χ1n) is 25.7. The highest BCUT2D eigenvalue weighted by Crippen LogP contribution is 2.55. The van der Waals surface area contributed by atoms with E-state index >= 15 is 0 Å². The average molecular weight is 1030 g/mol. The minimum absolute atomic E-state index is 0.00899. The van der Waals surface area contributed by atoms with E-state index < -0.39 is 35.0 Å². The SMILES string of the molecule is CC1CCN(C(C)COc2ccc(C3Oc4ccc(O)c(F)c4C(C(F)(F)F)=C3c3cccc(O)c3)cc2)C1.CCC1=C(c2cccc(O)c2)C(c2ccc(OCC(C)N3CCC(C)C3)cc2)Oc2ccc(O)cc21. The molecule has 10 rings (SSSR count). The van der Waals surface area contributed by atoms with Crippen molar-refractivity contribution in [2.45, 2.75) is 84.3 Å². The number of nitrogens with zero attached hydrogens (tertiary/aromatic N) is 2. The quantitative estimate of drug-likeness (QED) is 0.0831. The molecule has 0 aromatic heterocycles. The summed E-state index contributed by atoms with van der Waals surface area (Å²) in [5, 5.41) is 40.3. The fourth-order valence-electron chi connectivity index (χ4n) is 10.6. The first-order valence-corrected chi connectivity index (χ1v) is 25.7. The Morgan fingerprint density at radius 2 is 1.09 bits per heavy atom. The van der Waals surface area contributed by atoms with Gasteiger partial charge in [0.1, 0.15) is 59.6 Å². The molecule has 4 aliphatic rings. The van der Waals surface area contributed by atoms with Gasteiger partial charge in [0, 0.05) is 41.9 Å². The standard InChI is InChI=1S/C31H35NO4.C30H29F4NO4/c1-4-27-28-17-25(34)10-13-29(28)36-31(30(27)23-6-5-7-24(33)16-23)22-8-11-26(12-9-22)35-19-21(3)32-15-14-20(2)18-32;1-17-12-13-35(15-17)18(2)16-38-22-8-6-19(7-9-22)29-25(20-4-3-5-21(36)14-20)27(30(32,33)34)26-24(39-29)11-10-23(37)28(26)31/h5-13,16-17,20-21,31,33-34H,4,14-15,18-19H2,1-3H3;3-11,14,17-18,29,36-37H,12-13,15-16H2,1-2H3. The molecule has 0 bridgehead atoms. The Hall–Kier alpha value is -7.16. The number of rotatable bonds is 13. The van der Waals surface area contributed by atoms with E-state index in [-0.39, 0.29) is 46.3 Å². The smallest absolute Gasteiger partial charge is 0.417 e. The number of alkyl halides is 3. The number of aromatic hydroxyl groups is 4. The third-order valence-corrected chi connectivity index (χ3v) is 14.7. The van der Waals surface area contributed by atoms with Gasteiger partial charge in [0.05, 0.1) is 11.1 Å². The minimum Gasteiger partial charge on any atom is -0.508 e. The molecule has 0 radical (unpaired) electrons. The number of allylic oxidation sites excluding steroid dienone is 2. The van der Waals surface area contributed by atoms with Crippen molar-refractivity contribution in [3.05, 3.63) is 167 Å². The molecule has 2 saturated heterocycles. The van der Waals surface area contributed by atoms with Crippen LogP contribution in [0.25, 0.3) is 22.3 Å². The Kier molecular flexibility index (Phi) is 15.7. The van der Waals surface area contributed by atoms with Gasteiger partial charge < -0.3 is 39.4 Å². The molecule has 6 aromatic rings. The lowest BCUT2D eigenvalue weighted by molar-refractivity contribution is -0.0697. The summed E-state index contributed by atoms with van der Waals surface area (Å²) in [6, 6.07) is 35.2. The second-order valence-electron chi connectivity index (χ2n) is 20.3. The molecule has 0 aliphatic carbocycles. The summed E-state index contributed by atoms with van der Waals surface area (Å²) in [7, 11) is 0. The molecule has 394 valence electrons. The van der Waals surface area contributed by atoms with Crippen LogP contribution < -0.4 is 18.9 Å². The Bertz CT molecular complexity index is 3050. The van der Waals surface area contributed by atoms with E-state index in [0.717, 1.165) is 96.4 Å². The fourth-order valence-corrected chi connectivity index (χ4v) is 10.6. The summed E-state index contributed by atoms with van der Waals surface area (Å²) in [6.45, 7) is 16.4. The molecule has 6 atom stereocenters. The number of phenolic OH excluding ortho intramolecular Hbond substituents is 4. The van der Waals surface area contributed by atoms with Crippen molar-refractivity contribution in [2.24, 2.45) is 11.8 Å². The minimum atomic E-state index is -5.00. The second-order valence-corrected chi connectivity index (χ2v) is 20.3. The number of hydrogen-bond donors (Lipinski definition) is 4. The highest BCUT2D eigenvalue weighted by Gasteiger charge is 2.46. The van der Waals surface area contributed by atoms with Crippen LogP contribution in [0.1, 0.15) is 99.5 Å². The number of phenols is 4. The van der Waals surface area contributed by atoms with Crippen LogP contribution in [0.4, 0.5) is 17.6 Å². The number of fused-ring (bicyclic) bond motifs is 2. The summed E-state index contributed by atoms with van der Waals surface area (Å²) in [5.41, 5.74) is 2.75. The average Bonchev–Trinajstić information content (AvgIpc) is 4.05. The maximum Gasteiger partial charge on any atom is 0.417 e. The predicted octanol–water partition coefficient (Wildman–Crippen LogP) is 13.6. The lowest BCUT2D eigenvalue weighted by Crippen LogP contribution is -2.35. The van der Waals surface area contributed by atoms with Gasteiger partial charge in [-0.1, -0.05) is 69.3 Å². The highest BCUT2D eigenvalue weighted by atomic mass is 19.4. The molecule has 2 fully saturated rings. The summed E-state index contributed by atoms with van der Waals surface area (Å²) < 4.78 is 83.4. The largest absolute Gasteiger partial charge is 0.508 e. The number of benzene rings is 6. The Morgan fingerprint density at radius 3 is 1.57 bits per heavy atom. The van der Waals surface area contributed by atoms with Gasteiger partial charge in [0.15, 0.2) is 17.7 Å². The summed E-state index contributed by atoms with van der Waals surface area (Å²) >= 11 is 0. The number of ether oxygens (including phenoxy) is 4. The topological polar surface area (TPSA) is 124 Å². The third kappa shape index (κ3) is 11.7. The van der Waals surface area contributed by atoms with Gasteiger partial charge in [-0.2, -0.15) is 13.2 Å². The maximum atomic E-state index is 15.0. The lowest BCUT2D eigenvalue weighted by atomic mass is 9.84. The normalized spacial score (nSPS) is 20.5. The molecule has 75 heavy (non-hydrogen) atoms. The third-order valence-electron chi connectivity index (χ3n) is 14.7. The van der Waals surface area contributed by atoms with Crippen LogP contribution in [0, 0.1) is 17.7 Å². The molecular formula is C61H64F4N2O8. The Morgan fingerprint density at radius 1 is 0.613 bits per heavy atom. The molecule has 0 amide bonds. The first-order chi connectivity index (χ1) is 35.9.